The fraction of sp³-hybridized carbons (Fsp3) is 1.00. The average Bonchev–Trinajstić information content (AvgIpc) is 2.50. The first-order valence-corrected chi connectivity index (χ1v) is 6.98. The van der Waals surface area contributed by atoms with Crippen LogP contribution in [0.1, 0.15) is 26.2 Å². The van der Waals surface area contributed by atoms with Crippen LogP contribution < -0.4 is 5.32 Å². The van der Waals surface area contributed by atoms with Crippen molar-refractivity contribution in [2.45, 2.75) is 37.1 Å². The Bertz CT molecular complexity index is 155. The van der Waals surface area contributed by atoms with Gasteiger partial charge < -0.3 is 0 Å². The SMILES string of the molecule is CCC1CSC2(CCCSC2)N1. The van der Waals surface area contributed by atoms with E-state index in [4.69, 9.17) is 0 Å². The minimum Gasteiger partial charge on any atom is -0.298 e. The van der Waals surface area contributed by atoms with E-state index in [2.05, 4.69) is 35.8 Å². The number of rotatable bonds is 1. The third-order valence-electron chi connectivity index (χ3n) is 2.73. The average molecular weight is 203 g/mol. The van der Waals surface area contributed by atoms with E-state index in [1.54, 1.807) is 0 Å². The molecule has 0 bridgehead atoms. The summed E-state index contributed by atoms with van der Waals surface area (Å²) in [5.41, 5.74) is 0. The molecule has 1 N–H and O–H groups in total. The minimum atomic E-state index is 0.476. The highest BCUT2D eigenvalue weighted by atomic mass is 32.2. The van der Waals surface area contributed by atoms with Crippen molar-refractivity contribution in [2.24, 2.45) is 0 Å². The molecule has 2 aliphatic rings. The fourth-order valence-electron chi connectivity index (χ4n) is 1.93. The number of nitrogens with one attached hydrogen (secondary N) is 1. The zero-order valence-electron chi connectivity index (χ0n) is 7.64. The van der Waals surface area contributed by atoms with Gasteiger partial charge in [-0.3, -0.25) is 5.32 Å². The highest BCUT2D eigenvalue weighted by Gasteiger charge is 2.39. The van der Waals surface area contributed by atoms with Gasteiger partial charge in [-0.2, -0.15) is 11.8 Å². The van der Waals surface area contributed by atoms with E-state index in [-0.39, 0.29) is 0 Å². The molecule has 70 valence electrons. The van der Waals surface area contributed by atoms with Crippen molar-refractivity contribution in [3.8, 4) is 0 Å². The number of thioether (sulfide) groups is 2. The molecule has 2 rings (SSSR count). The highest BCUT2D eigenvalue weighted by molar-refractivity contribution is 8.04. The minimum absolute atomic E-state index is 0.476. The molecule has 0 aromatic carbocycles. The molecular formula is C9H17NS2. The Morgan fingerprint density at radius 3 is 3.08 bits per heavy atom. The van der Waals surface area contributed by atoms with Crippen LogP contribution in [0.5, 0.6) is 0 Å². The quantitative estimate of drug-likeness (QED) is 0.702. The maximum Gasteiger partial charge on any atom is 0.0739 e. The standard InChI is InChI=1S/C9H17NS2/c1-2-8-6-12-9(10-8)4-3-5-11-7-9/h8,10H,2-7H2,1H3. The molecule has 12 heavy (non-hydrogen) atoms. The molecule has 0 radical (unpaired) electrons. The molecule has 0 amide bonds. The van der Waals surface area contributed by atoms with Crippen LogP contribution >= 0.6 is 23.5 Å². The van der Waals surface area contributed by atoms with Gasteiger partial charge in [0.1, 0.15) is 0 Å². The lowest BCUT2D eigenvalue weighted by atomic mass is 10.1. The third-order valence-corrected chi connectivity index (χ3v) is 5.77. The first kappa shape index (κ1) is 9.22. The summed E-state index contributed by atoms with van der Waals surface area (Å²) in [5, 5.41) is 3.80. The topological polar surface area (TPSA) is 12.0 Å². The van der Waals surface area contributed by atoms with Crippen molar-refractivity contribution in [1.29, 1.82) is 0 Å². The summed E-state index contributed by atoms with van der Waals surface area (Å²) in [4.78, 5) is 0.476. The van der Waals surface area contributed by atoms with Crippen LogP contribution in [0.2, 0.25) is 0 Å². The first-order valence-electron chi connectivity index (χ1n) is 4.84. The van der Waals surface area contributed by atoms with Crippen molar-refractivity contribution in [2.75, 3.05) is 17.3 Å². The van der Waals surface area contributed by atoms with Crippen molar-refractivity contribution in [1.82, 2.24) is 5.32 Å². The zero-order valence-corrected chi connectivity index (χ0v) is 9.27. The van der Waals surface area contributed by atoms with Gasteiger partial charge in [0.05, 0.1) is 4.87 Å². The van der Waals surface area contributed by atoms with Gasteiger partial charge in [0, 0.05) is 17.5 Å². The molecule has 2 aliphatic heterocycles. The second-order valence-corrected chi connectivity index (χ2v) is 6.22. The molecule has 2 atom stereocenters. The Labute approximate surface area is 83.4 Å². The van der Waals surface area contributed by atoms with Crippen LogP contribution in [0.15, 0.2) is 0 Å². The van der Waals surface area contributed by atoms with Gasteiger partial charge in [0.2, 0.25) is 0 Å². The fourth-order valence-corrected chi connectivity index (χ4v) is 4.94. The van der Waals surface area contributed by atoms with E-state index in [1.807, 2.05) is 0 Å². The van der Waals surface area contributed by atoms with Gasteiger partial charge in [-0.15, -0.1) is 11.8 Å². The predicted molar refractivity (Wildman–Crippen MR) is 59.0 cm³/mol. The smallest absolute Gasteiger partial charge is 0.0739 e. The van der Waals surface area contributed by atoms with Crippen molar-refractivity contribution >= 4 is 23.5 Å². The summed E-state index contributed by atoms with van der Waals surface area (Å²) in [6.07, 6.45) is 4.09. The van der Waals surface area contributed by atoms with Crippen molar-refractivity contribution in [3.05, 3.63) is 0 Å². The van der Waals surface area contributed by atoms with Gasteiger partial charge in [-0.1, -0.05) is 6.92 Å². The van der Waals surface area contributed by atoms with Gasteiger partial charge in [-0.25, -0.2) is 0 Å². The first-order chi connectivity index (χ1) is 5.85. The van der Waals surface area contributed by atoms with Gasteiger partial charge >= 0.3 is 0 Å². The van der Waals surface area contributed by atoms with Crippen molar-refractivity contribution in [3.63, 3.8) is 0 Å². The van der Waals surface area contributed by atoms with E-state index in [9.17, 15) is 0 Å². The Morgan fingerprint density at radius 2 is 2.50 bits per heavy atom. The maximum atomic E-state index is 3.80. The molecular weight excluding hydrogens is 186 g/mol. The van der Waals surface area contributed by atoms with Crippen molar-refractivity contribution < 1.29 is 0 Å². The van der Waals surface area contributed by atoms with Crippen LogP contribution in [-0.2, 0) is 0 Å². The number of hydrogen-bond donors (Lipinski definition) is 1. The molecule has 1 spiro atoms. The van der Waals surface area contributed by atoms with E-state index < -0.39 is 0 Å². The van der Waals surface area contributed by atoms with Gasteiger partial charge in [0.25, 0.3) is 0 Å². The lowest BCUT2D eigenvalue weighted by Crippen LogP contribution is -2.45. The second kappa shape index (κ2) is 3.81. The largest absolute Gasteiger partial charge is 0.298 e. The molecule has 0 aliphatic carbocycles. The molecule has 2 unspecified atom stereocenters. The summed E-state index contributed by atoms with van der Waals surface area (Å²) in [6, 6.07) is 0.786. The third kappa shape index (κ3) is 1.78. The van der Waals surface area contributed by atoms with Crippen LogP contribution in [0.3, 0.4) is 0 Å². The van der Waals surface area contributed by atoms with Crippen LogP contribution in [0.25, 0.3) is 0 Å². The molecule has 0 aromatic rings. The van der Waals surface area contributed by atoms with Crippen LogP contribution in [0, 0.1) is 0 Å². The maximum absolute atomic E-state index is 3.80. The number of hydrogen-bond acceptors (Lipinski definition) is 3. The summed E-state index contributed by atoms with van der Waals surface area (Å²) in [6.45, 7) is 2.28. The second-order valence-electron chi connectivity index (χ2n) is 3.71. The Balaban J connectivity index is 1.94. The lowest BCUT2D eigenvalue weighted by Gasteiger charge is -2.32. The monoisotopic (exact) mass is 203 g/mol. The summed E-state index contributed by atoms with van der Waals surface area (Å²) < 4.78 is 0. The van der Waals surface area contributed by atoms with Gasteiger partial charge in [0.15, 0.2) is 0 Å². The van der Waals surface area contributed by atoms with Crippen LogP contribution in [0.4, 0.5) is 0 Å². The normalized spacial score (nSPS) is 42.2. The van der Waals surface area contributed by atoms with Gasteiger partial charge in [-0.05, 0) is 25.0 Å². The molecule has 2 heterocycles. The highest BCUT2D eigenvalue weighted by Crippen LogP contribution is 2.41. The summed E-state index contributed by atoms with van der Waals surface area (Å²) in [7, 11) is 0. The Morgan fingerprint density at radius 1 is 1.58 bits per heavy atom. The zero-order chi connectivity index (χ0) is 8.44. The van der Waals surface area contributed by atoms with E-state index >= 15 is 0 Å². The van der Waals surface area contributed by atoms with E-state index in [1.165, 1.54) is 36.5 Å². The lowest BCUT2D eigenvalue weighted by molar-refractivity contribution is 0.431. The molecule has 1 nitrogen and oxygen atoms in total. The molecule has 0 saturated carbocycles. The summed E-state index contributed by atoms with van der Waals surface area (Å²) >= 11 is 4.29. The molecule has 3 heteroatoms. The Hall–Kier alpha value is 0.660. The molecule has 2 saturated heterocycles. The summed E-state index contributed by atoms with van der Waals surface area (Å²) in [5.74, 6) is 4.03. The predicted octanol–water partition coefficient (Wildman–Crippen LogP) is 2.32. The van der Waals surface area contributed by atoms with E-state index in [0.29, 0.717) is 4.87 Å². The van der Waals surface area contributed by atoms with Crippen LogP contribution in [-0.4, -0.2) is 28.2 Å². The molecule has 2 fully saturated rings. The molecule has 0 aromatic heterocycles. The van der Waals surface area contributed by atoms with E-state index in [0.717, 1.165) is 6.04 Å². The Kier molecular flexibility index (Phi) is 2.93.